The minimum absolute atomic E-state index is 0.0437. The maximum atomic E-state index is 13.4. The molecule has 0 N–H and O–H groups in total. The molecule has 0 spiro atoms. The van der Waals surface area contributed by atoms with Crippen molar-refractivity contribution in [3.8, 4) is 0 Å². The molecule has 188 valence electrons. The molecule has 7 heteroatoms. The highest BCUT2D eigenvalue weighted by Crippen LogP contribution is 2.26. The number of piperazine rings is 1. The van der Waals surface area contributed by atoms with E-state index in [0.29, 0.717) is 13.1 Å². The summed E-state index contributed by atoms with van der Waals surface area (Å²) in [5.74, 6) is 0.198. The predicted octanol–water partition coefficient (Wildman–Crippen LogP) is 3.47. The average Bonchev–Trinajstić information content (AvgIpc) is 2.91. The maximum Gasteiger partial charge on any atom is 0.269 e. The van der Waals surface area contributed by atoms with Gasteiger partial charge in [-0.25, -0.2) is 4.68 Å². The van der Waals surface area contributed by atoms with Crippen LogP contribution in [0.25, 0.3) is 0 Å². The number of rotatable bonds is 5. The Labute approximate surface area is 212 Å². The molecule has 3 heterocycles. The summed E-state index contributed by atoms with van der Waals surface area (Å²) in [6.07, 6.45) is 3.59. The van der Waals surface area contributed by atoms with E-state index in [1.807, 2.05) is 35.2 Å². The van der Waals surface area contributed by atoms with Gasteiger partial charge in [0, 0.05) is 51.0 Å². The molecule has 1 amide bonds. The number of nitrogens with zero attached hydrogens (tertiary/aromatic N) is 5. The first kappa shape index (κ1) is 24.1. The molecule has 0 radical (unpaired) electrons. The van der Waals surface area contributed by atoms with Gasteiger partial charge in [-0.05, 0) is 49.4 Å². The van der Waals surface area contributed by atoms with Gasteiger partial charge >= 0.3 is 0 Å². The van der Waals surface area contributed by atoms with Gasteiger partial charge in [0.2, 0.25) is 5.91 Å². The second-order valence-corrected chi connectivity index (χ2v) is 10.1. The van der Waals surface area contributed by atoms with Gasteiger partial charge in [0.15, 0.2) is 0 Å². The van der Waals surface area contributed by atoms with Gasteiger partial charge in [-0.1, -0.05) is 42.5 Å². The van der Waals surface area contributed by atoms with E-state index in [4.69, 9.17) is 0 Å². The first-order valence-corrected chi connectivity index (χ1v) is 12.9. The Hall–Kier alpha value is -3.61. The second-order valence-electron chi connectivity index (χ2n) is 10.1. The molecule has 2 aromatic carbocycles. The van der Waals surface area contributed by atoms with Crippen molar-refractivity contribution >= 4 is 17.3 Å². The molecule has 5 rings (SSSR count). The smallest absolute Gasteiger partial charge is 0.269 e. The zero-order valence-electron chi connectivity index (χ0n) is 21.3. The molecule has 2 aliphatic rings. The number of aromatic nitrogens is 2. The lowest BCUT2D eigenvalue weighted by molar-refractivity contribution is -0.136. The molecule has 0 saturated carbocycles. The van der Waals surface area contributed by atoms with Gasteiger partial charge in [-0.15, -0.1) is 0 Å². The van der Waals surface area contributed by atoms with Crippen LogP contribution >= 0.6 is 0 Å². The van der Waals surface area contributed by atoms with E-state index in [0.717, 1.165) is 56.8 Å². The summed E-state index contributed by atoms with van der Waals surface area (Å²) in [6, 6.07) is 18.1. The molecular weight excluding hydrogens is 450 g/mol. The highest BCUT2D eigenvalue weighted by Gasteiger charge is 2.31. The number of benzene rings is 2. The number of hydrogen-bond acceptors (Lipinski definition) is 5. The van der Waals surface area contributed by atoms with Gasteiger partial charge in [0.1, 0.15) is 0 Å². The Bertz CT molecular complexity index is 1260. The van der Waals surface area contributed by atoms with Crippen LogP contribution in [0.2, 0.25) is 0 Å². The Morgan fingerprint density at radius 2 is 1.72 bits per heavy atom. The van der Waals surface area contributed by atoms with Crippen molar-refractivity contribution in [2.24, 2.45) is 5.92 Å². The number of piperidine rings is 1. The van der Waals surface area contributed by atoms with E-state index in [-0.39, 0.29) is 17.4 Å². The van der Waals surface area contributed by atoms with Crippen molar-refractivity contribution in [1.82, 2.24) is 14.7 Å². The molecule has 2 aliphatic heterocycles. The quantitative estimate of drug-likeness (QED) is 0.554. The van der Waals surface area contributed by atoms with Gasteiger partial charge < -0.3 is 14.7 Å². The van der Waals surface area contributed by atoms with Crippen LogP contribution in [0.3, 0.4) is 0 Å². The summed E-state index contributed by atoms with van der Waals surface area (Å²) < 4.78 is 1.49. The normalized spacial score (nSPS) is 18.4. The molecule has 3 aromatic rings. The average molecular weight is 486 g/mol. The van der Waals surface area contributed by atoms with Crippen molar-refractivity contribution < 1.29 is 4.79 Å². The Morgan fingerprint density at radius 1 is 0.944 bits per heavy atom. The number of aryl methyl sites for hydroxylation is 2. The Balaban J connectivity index is 1.20. The van der Waals surface area contributed by atoms with E-state index in [2.05, 4.69) is 46.9 Å². The lowest BCUT2D eigenvalue weighted by Crippen LogP contribution is -2.52. The molecule has 0 unspecified atom stereocenters. The van der Waals surface area contributed by atoms with Gasteiger partial charge in [0.05, 0.1) is 24.3 Å². The summed E-state index contributed by atoms with van der Waals surface area (Å²) in [5.41, 5.74) is 5.55. The Morgan fingerprint density at radius 3 is 2.47 bits per heavy atom. The zero-order valence-corrected chi connectivity index (χ0v) is 21.3. The van der Waals surface area contributed by atoms with Gasteiger partial charge in [0.25, 0.3) is 5.56 Å². The number of carbonyl (C=O) groups is 1. The number of carbonyl (C=O) groups excluding carboxylic acids is 1. The summed E-state index contributed by atoms with van der Waals surface area (Å²) in [4.78, 5) is 32.7. The van der Waals surface area contributed by atoms with Crippen molar-refractivity contribution in [3.63, 3.8) is 0 Å². The molecule has 1 atom stereocenters. The molecular formula is C29H35N5O2. The highest BCUT2D eigenvalue weighted by molar-refractivity contribution is 5.80. The number of hydrogen-bond donors (Lipinski definition) is 0. The lowest BCUT2D eigenvalue weighted by atomic mass is 9.95. The minimum atomic E-state index is -0.118. The maximum absolute atomic E-state index is 13.4. The topological polar surface area (TPSA) is 61.7 Å². The summed E-state index contributed by atoms with van der Waals surface area (Å²) in [6.45, 7) is 9.42. The third-order valence-electron chi connectivity index (χ3n) is 7.46. The highest BCUT2D eigenvalue weighted by atomic mass is 16.2. The fraction of sp³-hybridized carbons (Fsp3) is 0.414. The fourth-order valence-corrected chi connectivity index (χ4v) is 5.37. The molecule has 2 saturated heterocycles. The standard InChI is InChI=1S/C29H35N5O2/c1-22-10-11-23(2)27(17-22)31-13-15-32(16-14-31)29(36)25-9-6-12-33(21-25)26-18-28(35)34(30-19-26)20-24-7-4-3-5-8-24/h3-5,7-8,10-11,17-19,25H,6,9,12-16,20-21H2,1-2H3/t25-/m1/s1. The van der Waals surface area contributed by atoms with Crippen molar-refractivity contribution in [3.05, 3.63) is 87.8 Å². The molecule has 2 fully saturated rings. The summed E-state index contributed by atoms with van der Waals surface area (Å²) in [5, 5.41) is 4.42. The van der Waals surface area contributed by atoms with E-state index in [1.165, 1.54) is 21.5 Å². The van der Waals surface area contributed by atoms with E-state index < -0.39 is 0 Å². The van der Waals surface area contributed by atoms with E-state index in [1.54, 1.807) is 12.3 Å². The van der Waals surface area contributed by atoms with Gasteiger partial charge in [-0.2, -0.15) is 5.10 Å². The number of amides is 1. The number of anilines is 2. The van der Waals surface area contributed by atoms with Gasteiger partial charge in [-0.3, -0.25) is 9.59 Å². The molecule has 1 aromatic heterocycles. The van der Waals surface area contributed by atoms with Crippen LogP contribution in [0.15, 0.2) is 65.6 Å². The monoisotopic (exact) mass is 485 g/mol. The fourth-order valence-electron chi connectivity index (χ4n) is 5.37. The van der Waals surface area contributed by atoms with Crippen molar-refractivity contribution in [2.45, 2.75) is 33.2 Å². The second kappa shape index (κ2) is 10.6. The minimum Gasteiger partial charge on any atom is -0.369 e. The van der Waals surface area contributed by atoms with Crippen LogP contribution in [0, 0.1) is 19.8 Å². The Kier molecular flexibility index (Phi) is 7.07. The summed E-state index contributed by atoms with van der Waals surface area (Å²) in [7, 11) is 0. The molecule has 7 nitrogen and oxygen atoms in total. The van der Waals surface area contributed by atoms with Crippen LogP contribution in [-0.2, 0) is 11.3 Å². The SMILES string of the molecule is Cc1ccc(C)c(N2CCN(C(=O)[C@@H]3CCCN(c4cnn(Cc5ccccc5)c(=O)c4)C3)CC2)c1. The van der Waals surface area contributed by atoms with Crippen molar-refractivity contribution in [1.29, 1.82) is 0 Å². The third-order valence-corrected chi connectivity index (χ3v) is 7.46. The van der Waals surface area contributed by atoms with Crippen LogP contribution in [0.4, 0.5) is 11.4 Å². The third kappa shape index (κ3) is 5.30. The van der Waals surface area contributed by atoms with Crippen LogP contribution in [-0.4, -0.2) is 59.9 Å². The van der Waals surface area contributed by atoms with Crippen LogP contribution in [0.5, 0.6) is 0 Å². The van der Waals surface area contributed by atoms with Crippen LogP contribution < -0.4 is 15.4 Å². The zero-order chi connectivity index (χ0) is 25.1. The predicted molar refractivity (Wildman–Crippen MR) is 144 cm³/mol. The van der Waals surface area contributed by atoms with E-state index >= 15 is 0 Å². The largest absolute Gasteiger partial charge is 0.369 e. The lowest BCUT2D eigenvalue weighted by Gasteiger charge is -2.40. The van der Waals surface area contributed by atoms with Crippen LogP contribution in [0.1, 0.15) is 29.5 Å². The molecule has 0 aliphatic carbocycles. The molecule has 36 heavy (non-hydrogen) atoms. The first-order valence-electron chi connectivity index (χ1n) is 12.9. The van der Waals surface area contributed by atoms with E-state index in [9.17, 15) is 9.59 Å². The molecule has 0 bridgehead atoms. The first-order chi connectivity index (χ1) is 17.5. The van der Waals surface area contributed by atoms with Crippen molar-refractivity contribution in [2.75, 3.05) is 49.1 Å². The summed E-state index contributed by atoms with van der Waals surface area (Å²) >= 11 is 0.